The third kappa shape index (κ3) is 7.87. The fraction of sp³-hybridized carbons (Fsp3) is 0.400. The summed E-state index contributed by atoms with van der Waals surface area (Å²) in [4.78, 5) is 50.3. The monoisotopic (exact) mass is 756 g/mol. The summed E-state index contributed by atoms with van der Waals surface area (Å²) in [7, 11) is 0. The standard InChI is InChI=1S/C45H48N4O5S/c1-27-33(12-8-15-38(27)53-32-24-30-22-28(10-9-21-50)23-31(30)25-32)34-17-18-40(47-41(34)43(52)54-45(2,3)4)49-20-19-29-11-7-13-35(36(29)26-49)42(51)48-44-46-37-14-5-6-16-39(37)55-44/h5-8,11-18,21,28,30-32H,9-10,19-20,22-26H2,1-4H3,(H,46,48,51)/t28?,30-,31+,32?. The molecule has 1 aliphatic heterocycles. The lowest BCUT2D eigenvalue weighted by atomic mass is 9.94. The Hall–Kier alpha value is -5.09. The molecule has 0 bridgehead atoms. The van der Waals surface area contributed by atoms with Gasteiger partial charge in [-0.2, -0.15) is 0 Å². The van der Waals surface area contributed by atoms with E-state index in [-0.39, 0.29) is 17.7 Å². The van der Waals surface area contributed by atoms with Gasteiger partial charge in [-0.25, -0.2) is 14.8 Å². The van der Waals surface area contributed by atoms with Crippen molar-refractivity contribution < 1.29 is 23.9 Å². The zero-order valence-corrected chi connectivity index (χ0v) is 32.8. The van der Waals surface area contributed by atoms with Crippen LogP contribution in [0.1, 0.15) is 96.8 Å². The summed E-state index contributed by atoms with van der Waals surface area (Å²) < 4.78 is 13.7. The van der Waals surface area contributed by atoms with Crippen molar-refractivity contribution in [1.82, 2.24) is 9.97 Å². The molecule has 55 heavy (non-hydrogen) atoms. The fourth-order valence-electron chi connectivity index (χ4n) is 8.94. The third-order valence-electron chi connectivity index (χ3n) is 11.5. The highest BCUT2D eigenvalue weighted by Gasteiger charge is 2.42. The molecule has 2 unspecified atom stereocenters. The Morgan fingerprint density at radius 3 is 2.47 bits per heavy atom. The Morgan fingerprint density at radius 1 is 0.927 bits per heavy atom. The Morgan fingerprint density at radius 2 is 1.71 bits per heavy atom. The Labute approximate surface area is 326 Å². The SMILES string of the molecule is Cc1c(OC2C[C@H]3CC(CCC=O)C[C@H]3C2)cccc1-c1ccc(N2CCc3cccc(C(=O)Nc4nc5ccccc5s4)c3C2)nc1C(=O)OC(C)(C)C. The van der Waals surface area contributed by atoms with E-state index in [9.17, 15) is 14.4 Å². The van der Waals surface area contributed by atoms with Crippen LogP contribution in [-0.2, 0) is 22.5 Å². The van der Waals surface area contributed by atoms with Crippen molar-refractivity contribution in [2.75, 3.05) is 16.8 Å². The summed E-state index contributed by atoms with van der Waals surface area (Å²) >= 11 is 1.45. The number of pyridine rings is 1. The molecule has 9 nitrogen and oxygen atoms in total. The van der Waals surface area contributed by atoms with Crippen LogP contribution in [0.4, 0.5) is 10.9 Å². The summed E-state index contributed by atoms with van der Waals surface area (Å²) in [5, 5.41) is 3.59. The molecule has 2 aromatic heterocycles. The van der Waals surface area contributed by atoms with Gasteiger partial charge in [0.25, 0.3) is 5.91 Å². The van der Waals surface area contributed by atoms with Gasteiger partial charge in [0, 0.05) is 30.6 Å². The van der Waals surface area contributed by atoms with E-state index in [4.69, 9.17) is 14.5 Å². The van der Waals surface area contributed by atoms with Gasteiger partial charge in [0.15, 0.2) is 10.8 Å². The van der Waals surface area contributed by atoms with Crippen LogP contribution in [0.3, 0.4) is 0 Å². The average molecular weight is 757 g/mol. The normalized spacial score (nSPS) is 20.5. The van der Waals surface area contributed by atoms with E-state index in [1.54, 1.807) is 0 Å². The number of hydrogen-bond donors (Lipinski definition) is 1. The predicted octanol–water partition coefficient (Wildman–Crippen LogP) is 9.60. The number of carbonyl (C=O) groups excluding carboxylic acids is 3. The molecule has 284 valence electrons. The van der Waals surface area contributed by atoms with Crippen molar-refractivity contribution in [3.8, 4) is 16.9 Å². The number of carbonyl (C=O) groups is 3. The van der Waals surface area contributed by atoms with Crippen molar-refractivity contribution in [2.24, 2.45) is 17.8 Å². The predicted molar refractivity (Wildman–Crippen MR) is 217 cm³/mol. The van der Waals surface area contributed by atoms with Gasteiger partial charge in [-0.1, -0.05) is 47.7 Å². The number of hydrogen-bond acceptors (Lipinski definition) is 9. The van der Waals surface area contributed by atoms with Crippen LogP contribution in [0, 0.1) is 24.7 Å². The van der Waals surface area contributed by atoms with Crippen molar-refractivity contribution in [3.05, 3.63) is 101 Å². The van der Waals surface area contributed by atoms with Gasteiger partial charge < -0.3 is 19.2 Å². The number of esters is 1. The first-order valence-electron chi connectivity index (χ1n) is 19.5. The second-order valence-corrected chi connectivity index (χ2v) is 17.4. The first-order valence-corrected chi connectivity index (χ1v) is 20.3. The lowest BCUT2D eigenvalue weighted by molar-refractivity contribution is -0.108. The molecule has 3 aromatic carbocycles. The number of aromatic nitrogens is 2. The number of aldehydes is 1. The smallest absolute Gasteiger partial charge is 0.358 e. The molecule has 0 spiro atoms. The van der Waals surface area contributed by atoms with Gasteiger partial charge in [0.2, 0.25) is 0 Å². The van der Waals surface area contributed by atoms with Crippen LogP contribution in [-0.4, -0.2) is 46.4 Å². The molecule has 2 aliphatic carbocycles. The maximum absolute atomic E-state index is 13.9. The van der Waals surface area contributed by atoms with E-state index in [0.29, 0.717) is 59.3 Å². The number of fused-ring (bicyclic) bond motifs is 3. The van der Waals surface area contributed by atoms with Crippen LogP contribution in [0.15, 0.2) is 72.8 Å². The van der Waals surface area contributed by atoms with Crippen molar-refractivity contribution >= 4 is 50.7 Å². The number of para-hydroxylation sites is 1. The molecular formula is C45H48N4O5S. The fourth-order valence-corrected chi connectivity index (χ4v) is 9.80. The molecule has 0 radical (unpaired) electrons. The summed E-state index contributed by atoms with van der Waals surface area (Å²) in [6.45, 7) is 8.77. The summed E-state index contributed by atoms with van der Waals surface area (Å²) in [6.07, 6.45) is 8.04. The minimum Gasteiger partial charge on any atom is -0.490 e. The average Bonchev–Trinajstić information content (AvgIpc) is 3.86. The highest BCUT2D eigenvalue weighted by Crippen LogP contribution is 2.49. The van der Waals surface area contributed by atoms with Gasteiger partial charge in [-0.15, -0.1) is 0 Å². The molecule has 10 heteroatoms. The zero-order valence-electron chi connectivity index (χ0n) is 32.0. The minimum atomic E-state index is -0.714. The highest BCUT2D eigenvalue weighted by atomic mass is 32.1. The Balaban J connectivity index is 1.04. The van der Waals surface area contributed by atoms with Gasteiger partial charge in [-0.3, -0.25) is 10.1 Å². The molecule has 4 atom stereocenters. The first kappa shape index (κ1) is 36.9. The molecule has 1 amide bonds. The topological polar surface area (TPSA) is 111 Å². The van der Waals surface area contributed by atoms with Crippen molar-refractivity contribution in [1.29, 1.82) is 0 Å². The van der Waals surface area contributed by atoms with Crippen LogP contribution >= 0.6 is 11.3 Å². The third-order valence-corrected chi connectivity index (χ3v) is 12.4. The number of rotatable bonds is 10. The number of nitrogens with one attached hydrogen (secondary N) is 1. The maximum Gasteiger partial charge on any atom is 0.358 e. The van der Waals surface area contributed by atoms with Crippen LogP contribution in [0.5, 0.6) is 5.75 Å². The molecule has 3 heterocycles. The number of amides is 1. The summed E-state index contributed by atoms with van der Waals surface area (Å²) in [6, 6.07) is 23.6. The van der Waals surface area contributed by atoms with E-state index < -0.39 is 11.6 Å². The first-order chi connectivity index (χ1) is 26.5. The number of benzene rings is 3. The Bertz CT molecular complexity index is 2210. The van der Waals surface area contributed by atoms with E-state index in [0.717, 1.165) is 70.2 Å². The van der Waals surface area contributed by atoms with E-state index in [2.05, 4.69) is 21.3 Å². The zero-order chi connectivity index (χ0) is 38.3. The van der Waals surface area contributed by atoms with E-state index >= 15 is 0 Å². The van der Waals surface area contributed by atoms with E-state index in [1.807, 2.05) is 94.4 Å². The van der Waals surface area contributed by atoms with Crippen LogP contribution in [0.2, 0.25) is 0 Å². The molecule has 8 rings (SSSR count). The number of ether oxygens (including phenoxy) is 2. The Kier molecular flexibility index (Phi) is 10.2. The summed E-state index contributed by atoms with van der Waals surface area (Å²) in [5.41, 5.74) is 5.56. The quantitative estimate of drug-likeness (QED) is 0.111. The van der Waals surface area contributed by atoms with Crippen LogP contribution in [0.25, 0.3) is 21.3 Å². The number of anilines is 2. The summed E-state index contributed by atoms with van der Waals surface area (Å²) in [5.74, 6) is 2.75. The van der Waals surface area contributed by atoms with Crippen molar-refractivity contribution in [3.63, 3.8) is 0 Å². The maximum atomic E-state index is 13.9. The largest absolute Gasteiger partial charge is 0.490 e. The minimum absolute atomic E-state index is 0.150. The van der Waals surface area contributed by atoms with Gasteiger partial charge in [-0.05, 0) is 143 Å². The lowest BCUT2D eigenvalue weighted by Gasteiger charge is -2.31. The molecule has 1 N–H and O–H groups in total. The van der Waals surface area contributed by atoms with Crippen molar-refractivity contribution in [2.45, 2.75) is 90.9 Å². The molecule has 0 saturated heterocycles. The molecule has 3 aliphatic rings. The lowest BCUT2D eigenvalue weighted by Crippen LogP contribution is -2.33. The van der Waals surface area contributed by atoms with Gasteiger partial charge in [0.05, 0.1) is 16.3 Å². The molecule has 2 fully saturated rings. The molecular weight excluding hydrogens is 709 g/mol. The second-order valence-electron chi connectivity index (χ2n) is 16.4. The van der Waals surface area contributed by atoms with Crippen LogP contribution < -0.4 is 15.0 Å². The second kappa shape index (κ2) is 15.2. The number of nitrogens with zero attached hydrogens (tertiary/aromatic N) is 3. The highest BCUT2D eigenvalue weighted by molar-refractivity contribution is 7.22. The van der Waals surface area contributed by atoms with Gasteiger partial charge >= 0.3 is 5.97 Å². The van der Waals surface area contributed by atoms with Gasteiger partial charge in [0.1, 0.15) is 23.5 Å². The molecule has 5 aromatic rings. The number of thiazole rings is 1. The van der Waals surface area contributed by atoms with E-state index in [1.165, 1.54) is 24.2 Å². The molecule has 2 saturated carbocycles.